The second-order valence-electron chi connectivity index (χ2n) is 8.07. The first-order valence-corrected chi connectivity index (χ1v) is 13.3. The molecule has 0 heterocycles. The Hall–Kier alpha value is -3.70. The van der Waals surface area contributed by atoms with Gasteiger partial charge in [0.2, 0.25) is 0 Å². The monoisotopic (exact) mass is 573 g/mol. The first-order valence-electron chi connectivity index (χ1n) is 11.1. The molecule has 196 valence electrons. The first-order chi connectivity index (χ1) is 18.0. The fourth-order valence-electron chi connectivity index (χ4n) is 3.84. The predicted molar refractivity (Wildman–Crippen MR) is 146 cm³/mol. The SMILES string of the molecule is CCc1cc(Cl)c(S(=O)(=O)O)c(N=Nc2c(O)c(C(=O)Nc3c(Cl)cccc3OC)cc3ccccc23)c1. The highest BCUT2D eigenvalue weighted by Gasteiger charge is 2.23. The van der Waals surface area contributed by atoms with E-state index in [1.165, 1.54) is 25.3 Å². The van der Waals surface area contributed by atoms with E-state index in [-0.39, 0.29) is 32.7 Å². The molecule has 38 heavy (non-hydrogen) atoms. The molecule has 0 atom stereocenters. The summed E-state index contributed by atoms with van der Waals surface area (Å²) in [6.07, 6.45) is 0.503. The summed E-state index contributed by atoms with van der Waals surface area (Å²) in [7, 11) is -3.33. The quantitative estimate of drug-likeness (QED) is 0.156. The van der Waals surface area contributed by atoms with Crippen LogP contribution < -0.4 is 10.1 Å². The number of hydrogen-bond donors (Lipinski definition) is 3. The number of fused-ring (bicyclic) bond motifs is 1. The zero-order valence-corrected chi connectivity index (χ0v) is 22.4. The average Bonchev–Trinajstić information content (AvgIpc) is 2.87. The number of benzene rings is 4. The Morgan fingerprint density at radius 2 is 1.76 bits per heavy atom. The summed E-state index contributed by atoms with van der Waals surface area (Å²) in [5.41, 5.74) is 0.387. The third-order valence-electron chi connectivity index (χ3n) is 5.68. The average molecular weight is 574 g/mol. The molecule has 1 amide bonds. The van der Waals surface area contributed by atoms with E-state index >= 15 is 0 Å². The van der Waals surface area contributed by atoms with E-state index in [0.29, 0.717) is 28.5 Å². The van der Waals surface area contributed by atoms with Crippen molar-refractivity contribution in [2.45, 2.75) is 18.2 Å². The van der Waals surface area contributed by atoms with Gasteiger partial charge in [-0.3, -0.25) is 9.35 Å². The summed E-state index contributed by atoms with van der Waals surface area (Å²) in [4.78, 5) is 12.6. The molecular weight excluding hydrogens is 553 g/mol. The van der Waals surface area contributed by atoms with Crippen molar-refractivity contribution < 1.29 is 27.6 Å². The van der Waals surface area contributed by atoms with Crippen LogP contribution >= 0.6 is 23.2 Å². The van der Waals surface area contributed by atoms with Gasteiger partial charge in [0.25, 0.3) is 16.0 Å². The highest BCUT2D eigenvalue weighted by molar-refractivity contribution is 7.86. The Morgan fingerprint density at radius 1 is 1.03 bits per heavy atom. The van der Waals surface area contributed by atoms with Crippen LogP contribution in [0.3, 0.4) is 0 Å². The van der Waals surface area contributed by atoms with Crippen LogP contribution in [0.2, 0.25) is 10.0 Å². The van der Waals surface area contributed by atoms with Crippen molar-refractivity contribution in [2.75, 3.05) is 12.4 Å². The van der Waals surface area contributed by atoms with Gasteiger partial charge in [0, 0.05) is 5.39 Å². The highest BCUT2D eigenvalue weighted by atomic mass is 35.5. The fourth-order valence-corrected chi connectivity index (χ4v) is 5.25. The number of rotatable bonds is 7. The van der Waals surface area contributed by atoms with Gasteiger partial charge in [-0.25, -0.2) is 0 Å². The van der Waals surface area contributed by atoms with Gasteiger partial charge < -0.3 is 15.2 Å². The molecule has 0 unspecified atom stereocenters. The molecule has 9 nitrogen and oxygen atoms in total. The van der Waals surface area contributed by atoms with Gasteiger partial charge in [-0.2, -0.15) is 8.42 Å². The van der Waals surface area contributed by atoms with Gasteiger partial charge in [0.15, 0.2) is 5.75 Å². The molecule has 0 aliphatic heterocycles. The topological polar surface area (TPSA) is 138 Å². The second kappa shape index (κ2) is 11.0. The minimum absolute atomic E-state index is 0.0984. The zero-order chi connectivity index (χ0) is 27.6. The number of nitrogens with zero attached hydrogens (tertiary/aromatic N) is 2. The molecule has 0 radical (unpaired) electrons. The molecule has 0 saturated carbocycles. The molecule has 0 aromatic heterocycles. The molecule has 0 saturated heterocycles. The van der Waals surface area contributed by atoms with Crippen LogP contribution in [0, 0.1) is 0 Å². The molecule has 0 fully saturated rings. The molecule has 12 heteroatoms. The summed E-state index contributed by atoms with van der Waals surface area (Å²) in [5, 5.41) is 22.9. The summed E-state index contributed by atoms with van der Waals surface area (Å²) in [6, 6.07) is 15.9. The lowest BCUT2D eigenvalue weighted by atomic mass is 10.0. The number of carbonyl (C=O) groups is 1. The molecular formula is C26H21Cl2N3O6S. The Bertz CT molecular complexity index is 1710. The maximum Gasteiger partial charge on any atom is 0.298 e. The largest absolute Gasteiger partial charge is 0.505 e. The summed E-state index contributed by atoms with van der Waals surface area (Å²) in [5.74, 6) is -0.899. The van der Waals surface area contributed by atoms with Crippen molar-refractivity contribution in [3.63, 3.8) is 0 Å². The fraction of sp³-hybridized carbons (Fsp3) is 0.115. The van der Waals surface area contributed by atoms with Crippen molar-refractivity contribution >= 4 is 67.1 Å². The summed E-state index contributed by atoms with van der Waals surface area (Å²) < 4.78 is 39.0. The molecule has 3 N–H and O–H groups in total. The van der Waals surface area contributed by atoms with E-state index in [1.54, 1.807) is 42.5 Å². The molecule has 4 aromatic rings. The number of halogens is 2. The number of phenolic OH excluding ortho intramolecular Hbond substituents is 1. The van der Waals surface area contributed by atoms with E-state index in [1.807, 2.05) is 6.92 Å². The smallest absolute Gasteiger partial charge is 0.298 e. The number of phenols is 1. The number of hydrogen-bond acceptors (Lipinski definition) is 7. The van der Waals surface area contributed by atoms with Gasteiger partial charge in [0.05, 0.1) is 22.7 Å². The summed E-state index contributed by atoms with van der Waals surface area (Å²) in [6.45, 7) is 1.83. The van der Waals surface area contributed by atoms with Crippen molar-refractivity contribution in [2.24, 2.45) is 10.2 Å². The van der Waals surface area contributed by atoms with Crippen molar-refractivity contribution in [3.8, 4) is 11.5 Å². The first kappa shape index (κ1) is 27.3. The van der Waals surface area contributed by atoms with Crippen molar-refractivity contribution in [1.29, 1.82) is 0 Å². The zero-order valence-electron chi connectivity index (χ0n) is 20.1. The number of ether oxygens (including phenoxy) is 1. The third kappa shape index (κ3) is 5.44. The van der Waals surface area contributed by atoms with Crippen LogP contribution in [-0.2, 0) is 16.5 Å². The van der Waals surface area contributed by atoms with Crippen LogP contribution in [-0.4, -0.2) is 31.1 Å². The number of methoxy groups -OCH3 is 1. The highest BCUT2D eigenvalue weighted by Crippen LogP contribution is 2.42. The van der Waals surface area contributed by atoms with Gasteiger partial charge in [0.1, 0.15) is 27.7 Å². The maximum absolute atomic E-state index is 13.3. The number of nitrogens with one attached hydrogen (secondary N) is 1. The normalized spacial score (nSPS) is 11.7. The number of para-hydroxylation sites is 1. The Kier molecular flexibility index (Phi) is 7.89. The van der Waals surface area contributed by atoms with Crippen LogP contribution in [0.5, 0.6) is 11.5 Å². The van der Waals surface area contributed by atoms with E-state index in [0.717, 1.165) is 0 Å². The van der Waals surface area contributed by atoms with E-state index in [2.05, 4.69) is 15.5 Å². The van der Waals surface area contributed by atoms with Crippen LogP contribution in [0.25, 0.3) is 10.8 Å². The maximum atomic E-state index is 13.3. The Morgan fingerprint density at radius 3 is 2.45 bits per heavy atom. The van der Waals surface area contributed by atoms with Crippen LogP contribution in [0.4, 0.5) is 17.1 Å². The lowest BCUT2D eigenvalue weighted by Crippen LogP contribution is -2.13. The molecule has 4 aromatic carbocycles. The van der Waals surface area contributed by atoms with E-state index in [9.17, 15) is 22.9 Å². The predicted octanol–water partition coefficient (Wildman–Crippen LogP) is 7.34. The third-order valence-corrected chi connectivity index (χ3v) is 7.35. The van der Waals surface area contributed by atoms with Gasteiger partial charge in [-0.15, -0.1) is 10.2 Å². The van der Waals surface area contributed by atoms with Crippen LogP contribution in [0.15, 0.2) is 75.8 Å². The number of carbonyl (C=O) groups excluding carboxylic acids is 1. The minimum Gasteiger partial charge on any atom is -0.505 e. The number of amides is 1. The van der Waals surface area contributed by atoms with Gasteiger partial charge in [-0.1, -0.05) is 60.5 Å². The standard InChI is InChI=1S/C26H21Cl2N3O6S/c1-3-14-11-19(28)25(38(34,35)36)20(12-14)30-31-22-16-8-5-4-7-15(16)13-17(24(22)32)26(33)29-23-18(27)9-6-10-21(23)37-2/h4-13,32H,3H2,1-2H3,(H,29,33)(H,34,35,36). The number of aryl methyl sites for hydroxylation is 1. The lowest BCUT2D eigenvalue weighted by Gasteiger charge is -2.14. The number of anilines is 1. The summed E-state index contributed by atoms with van der Waals surface area (Å²) >= 11 is 12.4. The molecule has 0 aliphatic carbocycles. The molecule has 0 aliphatic rings. The molecule has 0 spiro atoms. The van der Waals surface area contributed by atoms with Crippen molar-refractivity contribution in [1.82, 2.24) is 0 Å². The van der Waals surface area contributed by atoms with Crippen molar-refractivity contribution in [3.05, 3.63) is 81.8 Å². The molecule has 0 bridgehead atoms. The minimum atomic E-state index is -4.75. The Balaban J connectivity index is 1.87. The van der Waals surface area contributed by atoms with Gasteiger partial charge in [-0.05, 0) is 47.7 Å². The van der Waals surface area contributed by atoms with Gasteiger partial charge >= 0.3 is 0 Å². The second-order valence-corrected chi connectivity index (χ2v) is 10.2. The van der Waals surface area contributed by atoms with E-state index < -0.39 is 26.7 Å². The van der Waals surface area contributed by atoms with E-state index in [4.69, 9.17) is 27.9 Å². The van der Waals surface area contributed by atoms with Crippen LogP contribution in [0.1, 0.15) is 22.8 Å². The lowest BCUT2D eigenvalue weighted by molar-refractivity contribution is 0.102. The molecule has 4 rings (SSSR count). The Labute approximate surface area is 228 Å². The number of aromatic hydroxyl groups is 1. The number of azo groups is 1.